The number of carbonyl (C=O) groups is 2. The Hall–Kier alpha value is -2.04. The van der Waals surface area contributed by atoms with Crippen molar-refractivity contribution in [3.63, 3.8) is 0 Å². The van der Waals surface area contributed by atoms with Crippen molar-refractivity contribution in [2.45, 2.75) is 51.6 Å². The van der Waals surface area contributed by atoms with Crippen molar-refractivity contribution in [1.29, 1.82) is 0 Å². The van der Waals surface area contributed by atoms with Crippen LogP contribution in [-0.4, -0.2) is 42.0 Å². The van der Waals surface area contributed by atoms with Gasteiger partial charge in [0.2, 0.25) is 5.91 Å². The molecule has 0 radical (unpaired) electrons. The first-order valence-corrected chi connectivity index (χ1v) is 8.49. The van der Waals surface area contributed by atoms with E-state index >= 15 is 0 Å². The zero-order valence-electron chi connectivity index (χ0n) is 13.9. The maximum atomic E-state index is 12.4. The molecule has 0 aliphatic carbocycles. The highest BCUT2D eigenvalue weighted by atomic mass is 16.2. The molecule has 3 amide bonds. The van der Waals surface area contributed by atoms with E-state index in [2.05, 4.69) is 12.2 Å². The Morgan fingerprint density at radius 1 is 1.22 bits per heavy atom. The third-order valence-corrected chi connectivity index (χ3v) is 4.86. The van der Waals surface area contributed by atoms with Crippen LogP contribution in [-0.2, 0) is 4.79 Å². The summed E-state index contributed by atoms with van der Waals surface area (Å²) in [6.07, 6.45) is 3.69. The van der Waals surface area contributed by atoms with E-state index in [-0.39, 0.29) is 24.0 Å². The molecule has 0 aromatic heterocycles. The fourth-order valence-corrected chi connectivity index (χ4v) is 3.44. The predicted octanol–water partition coefficient (Wildman–Crippen LogP) is 2.68. The maximum absolute atomic E-state index is 12.4. The fourth-order valence-electron chi connectivity index (χ4n) is 3.44. The monoisotopic (exact) mass is 315 g/mol. The Morgan fingerprint density at radius 3 is 2.65 bits per heavy atom. The van der Waals surface area contributed by atoms with Crippen molar-refractivity contribution < 1.29 is 9.59 Å². The number of rotatable bonds is 2. The molecule has 1 aromatic carbocycles. The van der Waals surface area contributed by atoms with Crippen LogP contribution in [0.5, 0.6) is 0 Å². The molecule has 124 valence electrons. The van der Waals surface area contributed by atoms with Gasteiger partial charge in [-0.25, -0.2) is 4.79 Å². The van der Waals surface area contributed by atoms with Crippen molar-refractivity contribution in [2.24, 2.45) is 0 Å². The zero-order valence-corrected chi connectivity index (χ0v) is 13.9. The van der Waals surface area contributed by atoms with Gasteiger partial charge >= 0.3 is 6.03 Å². The van der Waals surface area contributed by atoms with Gasteiger partial charge in [0.05, 0.1) is 6.04 Å². The Bertz CT molecular complexity index is 584. The number of carbonyl (C=O) groups excluding carboxylic acids is 2. The molecule has 0 unspecified atom stereocenters. The molecule has 2 fully saturated rings. The number of benzene rings is 1. The lowest BCUT2D eigenvalue weighted by Gasteiger charge is -2.34. The summed E-state index contributed by atoms with van der Waals surface area (Å²) in [5, 5.41) is 3.05. The highest BCUT2D eigenvalue weighted by molar-refractivity contribution is 5.96. The number of likely N-dealkylation sites (tertiary alicyclic amines) is 1. The van der Waals surface area contributed by atoms with Crippen LogP contribution in [0, 0.1) is 6.92 Å². The van der Waals surface area contributed by atoms with Gasteiger partial charge in [-0.15, -0.1) is 0 Å². The number of anilines is 1. The zero-order chi connectivity index (χ0) is 16.4. The first-order valence-electron chi connectivity index (χ1n) is 8.49. The minimum Gasteiger partial charge on any atom is -0.333 e. The van der Waals surface area contributed by atoms with E-state index in [1.54, 1.807) is 4.90 Å². The fraction of sp³-hybridized carbons (Fsp3) is 0.556. The van der Waals surface area contributed by atoms with E-state index in [1.165, 1.54) is 12.0 Å². The largest absolute Gasteiger partial charge is 0.333 e. The third-order valence-electron chi connectivity index (χ3n) is 4.86. The topological polar surface area (TPSA) is 52.7 Å². The van der Waals surface area contributed by atoms with Crippen LogP contribution in [0.25, 0.3) is 0 Å². The number of hydrogen-bond donors (Lipinski definition) is 1. The summed E-state index contributed by atoms with van der Waals surface area (Å²) in [6, 6.07) is 8.09. The minimum absolute atomic E-state index is 0.0271. The Labute approximate surface area is 137 Å². The van der Waals surface area contributed by atoms with E-state index < -0.39 is 0 Å². The number of piperidine rings is 1. The van der Waals surface area contributed by atoms with Gasteiger partial charge in [0.15, 0.2) is 0 Å². The van der Waals surface area contributed by atoms with Crippen molar-refractivity contribution in [1.82, 2.24) is 10.2 Å². The van der Waals surface area contributed by atoms with E-state index in [0.717, 1.165) is 25.1 Å². The summed E-state index contributed by atoms with van der Waals surface area (Å²) in [5.74, 6) is 0.0749. The van der Waals surface area contributed by atoms with Crippen LogP contribution in [0.2, 0.25) is 0 Å². The van der Waals surface area contributed by atoms with Gasteiger partial charge in [-0.2, -0.15) is 0 Å². The summed E-state index contributed by atoms with van der Waals surface area (Å²) < 4.78 is 0. The van der Waals surface area contributed by atoms with Gasteiger partial charge in [-0.1, -0.05) is 17.7 Å². The van der Waals surface area contributed by atoms with Gasteiger partial charge in [0.25, 0.3) is 0 Å². The van der Waals surface area contributed by atoms with Crippen molar-refractivity contribution in [3.8, 4) is 0 Å². The van der Waals surface area contributed by atoms with Gasteiger partial charge in [0, 0.05) is 31.2 Å². The predicted molar refractivity (Wildman–Crippen MR) is 90.5 cm³/mol. The molecule has 5 heteroatoms. The lowest BCUT2D eigenvalue weighted by atomic mass is 10.0. The number of aryl methyl sites for hydroxylation is 1. The van der Waals surface area contributed by atoms with Crippen molar-refractivity contribution >= 4 is 17.6 Å². The lowest BCUT2D eigenvalue weighted by molar-refractivity contribution is -0.117. The molecule has 1 N–H and O–H groups in total. The second-order valence-corrected chi connectivity index (χ2v) is 6.73. The van der Waals surface area contributed by atoms with E-state index in [4.69, 9.17) is 0 Å². The Morgan fingerprint density at radius 2 is 1.96 bits per heavy atom. The molecule has 0 spiro atoms. The van der Waals surface area contributed by atoms with Crippen LogP contribution >= 0.6 is 0 Å². The van der Waals surface area contributed by atoms with E-state index in [1.807, 2.05) is 36.1 Å². The number of urea groups is 1. The van der Waals surface area contributed by atoms with Crippen molar-refractivity contribution in [2.75, 3.05) is 18.0 Å². The average Bonchev–Trinajstić information content (AvgIpc) is 2.89. The molecule has 2 saturated heterocycles. The highest BCUT2D eigenvalue weighted by Crippen LogP contribution is 2.23. The van der Waals surface area contributed by atoms with Crippen molar-refractivity contribution in [3.05, 3.63) is 29.8 Å². The normalized spacial score (nSPS) is 24.9. The van der Waals surface area contributed by atoms with Crippen LogP contribution in [0.3, 0.4) is 0 Å². The standard InChI is InChI=1S/C18H25N3O2/c1-13-6-8-16(9-7-13)21-12-15(11-17(21)22)19-18(23)20-10-4-3-5-14(20)2/h6-9,14-15H,3-5,10-12H2,1-2H3,(H,19,23)/t14-,15-/m0/s1. The summed E-state index contributed by atoms with van der Waals surface area (Å²) in [4.78, 5) is 28.4. The number of nitrogens with zero attached hydrogens (tertiary/aromatic N) is 2. The van der Waals surface area contributed by atoms with E-state index in [9.17, 15) is 9.59 Å². The molecule has 2 heterocycles. The quantitative estimate of drug-likeness (QED) is 0.912. The molecule has 2 atom stereocenters. The summed E-state index contributed by atoms with van der Waals surface area (Å²) in [6.45, 7) is 5.49. The van der Waals surface area contributed by atoms with Crippen LogP contribution in [0.15, 0.2) is 24.3 Å². The van der Waals surface area contributed by atoms with Gasteiger partial charge in [0.1, 0.15) is 0 Å². The average molecular weight is 315 g/mol. The lowest BCUT2D eigenvalue weighted by Crippen LogP contribution is -2.50. The molecular formula is C18H25N3O2. The van der Waals surface area contributed by atoms with Crippen LogP contribution in [0.4, 0.5) is 10.5 Å². The second-order valence-electron chi connectivity index (χ2n) is 6.73. The number of nitrogens with one attached hydrogen (secondary N) is 1. The summed E-state index contributed by atoms with van der Waals surface area (Å²) in [5.41, 5.74) is 2.08. The van der Waals surface area contributed by atoms with Gasteiger partial charge in [-0.3, -0.25) is 4.79 Å². The maximum Gasteiger partial charge on any atom is 0.317 e. The molecule has 0 saturated carbocycles. The van der Waals surface area contributed by atoms with Crippen LogP contribution in [0.1, 0.15) is 38.2 Å². The Kier molecular flexibility index (Phi) is 4.55. The molecular weight excluding hydrogens is 290 g/mol. The number of amides is 3. The van der Waals surface area contributed by atoms with E-state index in [0.29, 0.717) is 13.0 Å². The minimum atomic E-state index is -0.106. The Balaban J connectivity index is 1.61. The molecule has 2 aliphatic heterocycles. The molecule has 2 aliphatic rings. The summed E-state index contributed by atoms with van der Waals surface area (Å²) in [7, 11) is 0. The number of hydrogen-bond acceptors (Lipinski definition) is 2. The molecule has 3 rings (SSSR count). The molecule has 5 nitrogen and oxygen atoms in total. The first-order chi connectivity index (χ1) is 11.0. The molecule has 23 heavy (non-hydrogen) atoms. The third kappa shape index (κ3) is 3.49. The smallest absolute Gasteiger partial charge is 0.317 e. The highest BCUT2D eigenvalue weighted by Gasteiger charge is 2.33. The SMILES string of the molecule is Cc1ccc(N2C[C@@H](NC(=O)N3CCCC[C@@H]3C)CC2=O)cc1. The van der Waals surface area contributed by atoms with Crippen LogP contribution < -0.4 is 10.2 Å². The van der Waals surface area contributed by atoms with Gasteiger partial charge < -0.3 is 15.1 Å². The van der Waals surface area contributed by atoms with Gasteiger partial charge in [-0.05, 0) is 45.2 Å². The first kappa shape index (κ1) is 15.8. The second kappa shape index (κ2) is 6.60. The molecule has 1 aromatic rings. The summed E-state index contributed by atoms with van der Waals surface area (Å²) >= 11 is 0. The molecule has 0 bridgehead atoms.